The highest BCUT2D eigenvalue weighted by molar-refractivity contribution is 8.26. The van der Waals surface area contributed by atoms with Crippen LogP contribution in [-0.2, 0) is 9.59 Å². The molecule has 2 aromatic carbocycles. The van der Waals surface area contributed by atoms with E-state index in [2.05, 4.69) is 5.32 Å². The summed E-state index contributed by atoms with van der Waals surface area (Å²) in [4.78, 5) is 37.4. The van der Waals surface area contributed by atoms with Crippen LogP contribution >= 0.6 is 24.0 Å². The second-order valence-electron chi connectivity index (χ2n) is 6.15. The highest BCUT2D eigenvalue weighted by atomic mass is 32.2. The number of thiocarbonyl (C=S) groups is 1. The summed E-state index contributed by atoms with van der Waals surface area (Å²) in [7, 11) is 0. The Bertz CT molecular complexity index is 1080. The normalized spacial score (nSPS) is 15.2. The van der Waals surface area contributed by atoms with Gasteiger partial charge in [0.25, 0.3) is 5.91 Å². The number of thioether (sulfide) groups is 1. The summed E-state index contributed by atoms with van der Waals surface area (Å²) in [5.41, 5.74) is 0.911. The van der Waals surface area contributed by atoms with Crippen molar-refractivity contribution in [3.63, 3.8) is 0 Å². The molecular weight excluding hydrogens is 424 g/mol. The first-order valence-corrected chi connectivity index (χ1v) is 9.91. The number of aromatic hydroxyl groups is 1. The van der Waals surface area contributed by atoms with Crippen molar-refractivity contribution in [2.24, 2.45) is 0 Å². The van der Waals surface area contributed by atoms with Gasteiger partial charge in [-0.3, -0.25) is 14.5 Å². The van der Waals surface area contributed by atoms with Crippen LogP contribution in [0, 0.1) is 0 Å². The number of hydrogen-bond donors (Lipinski definition) is 3. The summed E-state index contributed by atoms with van der Waals surface area (Å²) in [5, 5.41) is 21.1. The van der Waals surface area contributed by atoms with E-state index in [9.17, 15) is 19.5 Å². The van der Waals surface area contributed by atoms with Crippen LogP contribution in [0.4, 0.5) is 5.69 Å². The number of benzene rings is 2. The summed E-state index contributed by atoms with van der Waals surface area (Å²) in [6.07, 6.45) is 5.24. The van der Waals surface area contributed by atoms with Crippen molar-refractivity contribution in [3.8, 4) is 5.75 Å². The number of amides is 2. The van der Waals surface area contributed by atoms with Gasteiger partial charge in [0.15, 0.2) is 0 Å². The molecule has 0 aliphatic carbocycles. The van der Waals surface area contributed by atoms with Crippen molar-refractivity contribution >= 4 is 57.8 Å². The second-order valence-corrected chi connectivity index (χ2v) is 7.82. The number of rotatable bonds is 6. The van der Waals surface area contributed by atoms with Crippen LogP contribution in [0.5, 0.6) is 5.75 Å². The monoisotopic (exact) mass is 440 g/mol. The highest BCUT2D eigenvalue weighted by Gasteiger charge is 2.33. The molecule has 1 aliphatic heterocycles. The van der Waals surface area contributed by atoms with Gasteiger partial charge in [-0.15, -0.1) is 0 Å². The third-order valence-corrected chi connectivity index (χ3v) is 5.42. The van der Waals surface area contributed by atoms with Crippen LogP contribution in [-0.4, -0.2) is 43.8 Å². The number of nitrogens with one attached hydrogen (secondary N) is 1. The molecule has 0 aromatic heterocycles. The fourth-order valence-electron chi connectivity index (χ4n) is 2.60. The summed E-state index contributed by atoms with van der Waals surface area (Å²) in [6, 6.07) is 13.2. The molecule has 3 N–H and O–H groups in total. The zero-order chi connectivity index (χ0) is 21.7. The largest absolute Gasteiger partial charge is 0.507 e. The van der Waals surface area contributed by atoms with Crippen LogP contribution in [0.2, 0.25) is 0 Å². The number of anilines is 1. The lowest BCUT2D eigenvalue weighted by Gasteiger charge is -2.14. The van der Waals surface area contributed by atoms with Gasteiger partial charge >= 0.3 is 5.97 Å². The fraction of sp³-hybridized carbons (Fsp3) is 0.0476. The van der Waals surface area contributed by atoms with Gasteiger partial charge in [0.2, 0.25) is 5.91 Å². The molecule has 1 saturated heterocycles. The Morgan fingerprint density at radius 3 is 2.57 bits per heavy atom. The Balaban J connectivity index is 1.63. The summed E-state index contributed by atoms with van der Waals surface area (Å²) in [5.74, 6) is -2.66. The first kappa shape index (κ1) is 21.3. The smallest absolute Gasteiger partial charge is 0.339 e. The SMILES string of the molecule is O=C(CN1C(=O)/C(=C/C=C/c2ccccc2)SC1=S)Nc1ccc(C(=O)O)c(O)c1. The summed E-state index contributed by atoms with van der Waals surface area (Å²) < 4.78 is 0.263. The maximum absolute atomic E-state index is 12.6. The Labute approximate surface area is 181 Å². The molecule has 9 heteroatoms. The maximum atomic E-state index is 12.6. The minimum absolute atomic E-state index is 0.203. The molecule has 7 nitrogen and oxygen atoms in total. The van der Waals surface area contributed by atoms with Crippen molar-refractivity contribution in [2.45, 2.75) is 0 Å². The molecule has 3 rings (SSSR count). The molecule has 2 amide bonds. The number of allylic oxidation sites excluding steroid dienone is 2. The standard InChI is InChI=1S/C21H16N2O5S2/c24-16-11-14(9-10-15(16)20(27)28)22-18(25)12-23-19(26)17(30-21(23)29)8-4-7-13-5-2-1-3-6-13/h1-11,24H,12H2,(H,22,25)(H,27,28)/b7-4+,17-8-. The van der Waals surface area contributed by atoms with E-state index in [1.165, 1.54) is 17.0 Å². The number of carboxylic acid groups (broad SMARTS) is 1. The molecule has 0 unspecified atom stereocenters. The van der Waals surface area contributed by atoms with E-state index < -0.39 is 17.6 Å². The van der Waals surface area contributed by atoms with Gasteiger partial charge in [-0.05, 0) is 23.8 Å². The topological polar surface area (TPSA) is 107 Å². The number of carboxylic acids is 1. The van der Waals surface area contributed by atoms with Crippen molar-refractivity contribution in [1.29, 1.82) is 0 Å². The minimum Gasteiger partial charge on any atom is -0.507 e. The number of carbonyl (C=O) groups excluding carboxylic acids is 2. The van der Waals surface area contributed by atoms with E-state index in [4.69, 9.17) is 17.3 Å². The van der Waals surface area contributed by atoms with Gasteiger partial charge in [0, 0.05) is 11.8 Å². The lowest BCUT2D eigenvalue weighted by atomic mass is 10.2. The van der Waals surface area contributed by atoms with E-state index in [-0.39, 0.29) is 28.0 Å². The molecule has 0 bridgehead atoms. The van der Waals surface area contributed by atoms with Crippen LogP contribution in [0.15, 0.2) is 65.6 Å². The number of hydrogen-bond acceptors (Lipinski definition) is 6. The van der Waals surface area contributed by atoms with E-state index in [0.717, 1.165) is 23.4 Å². The Morgan fingerprint density at radius 1 is 1.17 bits per heavy atom. The van der Waals surface area contributed by atoms with Crippen LogP contribution < -0.4 is 5.32 Å². The van der Waals surface area contributed by atoms with Gasteiger partial charge in [-0.1, -0.05) is 66.5 Å². The van der Waals surface area contributed by atoms with Crippen LogP contribution in [0.25, 0.3) is 6.08 Å². The predicted molar refractivity (Wildman–Crippen MR) is 119 cm³/mol. The van der Waals surface area contributed by atoms with E-state index in [0.29, 0.717) is 4.91 Å². The third kappa shape index (κ3) is 5.13. The van der Waals surface area contributed by atoms with Gasteiger partial charge in [-0.2, -0.15) is 0 Å². The molecule has 2 aromatic rings. The van der Waals surface area contributed by atoms with Crippen LogP contribution in [0.3, 0.4) is 0 Å². The number of phenols is 1. The molecule has 0 spiro atoms. The van der Waals surface area contributed by atoms with Crippen LogP contribution in [0.1, 0.15) is 15.9 Å². The first-order chi connectivity index (χ1) is 14.3. The quantitative estimate of drug-likeness (QED) is 0.466. The molecule has 1 heterocycles. The molecule has 0 atom stereocenters. The maximum Gasteiger partial charge on any atom is 0.339 e. The lowest BCUT2D eigenvalue weighted by Crippen LogP contribution is -2.36. The first-order valence-electron chi connectivity index (χ1n) is 8.68. The van der Waals surface area contributed by atoms with Gasteiger partial charge in [-0.25, -0.2) is 4.79 Å². The molecule has 0 radical (unpaired) electrons. The lowest BCUT2D eigenvalue weighted by molar-refractivity contribution is -0.126. The van der Waals surface area contributed by atoms with Gasteiger partial charge < -0.3 is 15.5 Å². The Morgan fingerprint density at radius 2 is 1.90 bits per heavy atom. The number of aromatic carboxylic acids is 1. The van der Waals surface area contributed by atoms with Gasteiger partial charge in [0.05, 0.1) is 4.91 Å². The van der Waals surface area contributed by atoms with E-state index >= 15 is 0 Å². The molecular formula is C21H16N2O5S2. The van der Waals surface area contributed by atoms with Crippen molar-refractivity contribution in [3.05, 3.63) is 76.7 Å². The number of carbonyl (C=O) groups is 3. The average Bonchev–Trinajstić information content (AvgIpc) is 2.96. The van der Waals surface area contributed by atoms with E-state index in [1.807, 2.05) is 36.4 Å². The van der Waals surface area contributed by atoms with E-state index in [1.54, 1.807) is 12.2 Å². The van der Waals surface area contributed by atoms with Crippen molar-refractivity contribution in [1.82, 2.24) is 4.90 Å². The van der Waals surface area contributed by atoms with Crippen molar-refractivity contribution < 1.29 is 24.6 Å². The fourth-order valence-corrected chi connectivity index (χ4v) is 3.80. The summed E-state index contributed by atoms with van der Waals surface area (Å²) >= 11 is 6.31. The minimum atomic E-state index is -1.28. The van der Waals surface area contributed by atoms with Crippen molar-refractivity contribution in [2.75, 3.05) is 11.9 Å². The highest BCUT2D eigenvalue weighted by Crippen LogP contribution is 2.31. The Hall–Kier alpha value is -3.43. The molecule has 30 heavy (non-hydrogen) atoms. The van der Waals surface area contributed by atoms with Gasteiger partial charge in [0.1, 0.15) is 22.2 Å². The number of nitrogens with zero attached hydrogens (tertiary/aromatic N) is 1. The molecule has 1 fully saturated rings. The predicted octanol–water partition coefficient (Wildman–Crippen LogP) is 3.49. The molecule has 1 aliphatic rings. The average molecular weight is 441 g/mol. The zero-order valence-electron chi connectivity index (χ0n) is 15.4. The Kier molecular flexibility index (Phi) is 6.65. The third-order valence-electron chi connectivity index (χ3n) is 4.02. The molecule has 152 valence electrons. The molecule has 0 saturated carbocycles. The second kappa shape index (κ2) is 9.38. The summed E-state index contributed by atoms with van der Waals surface area (Å²) in [6.45, 7) is -0.300. The zero-order valence-corrected chi connectivity index (χ0v) is 17.1.